The Balaban J connectivity index is 1.82. The first-order valence-electron chi connectivity index (χ1n) is 8.98. The van der Waals surface area contributed by atoms with Crippen molar-refractivity contribution >= 4 is 21.7 Å². The van der Waals surface area contributed by atoms with Crippen molar-refractivity contribution in [1.29, 1.82) is 5.26 Å². The Morgan fingerprint density at radius 3 is 2.89 bits per heavy atom. The second-order valence-corrected chi connectivity index (χ2v) is 7.61. The number of anilines is 1. The van der Waals surface area contributed by atoms with Crippen LogP contribution in [0.25, 0.3) is 0 Å². The lowest BCUT2D eigenvalue weighted by molar-refractivity contribution is 0.0673. The van der Waals surface area contributed by atoms with Crippen LogP contribution in [-0.2, 0) is 11.3 Å². The van der Waals surface area contributed by atoms with Crippen molar-refractivity contribution in [2.24, 2.45) is 0 Å². The van der Waals surface area contributed by atoms with Gasteiger partial charge in [-0.2, -0.15) is 10.4 Å². The number of halogens is 1. The minimum atomic E-state index is 0.151. The minimum Gasteiger partial charge on any atom is -0.489 e. The van der Waals surface area contributed by atoms with E-state index < -0.39 is 0 Å². The van der Waals surface area contributed by atoms with Crippen molar-refractivity contribution in [3.05, 3.63) is 45.1 Å². The normalized spacial score (nSPS) is 16.2. The second-order valence-electron chi connectivity index (χ2n) is 6.75. The van der Waals surface area contributed by atoms with E-state index in [1.165, 1.54) is 0 Å². The lowest BCUT2D eigenvalue weighted by Gasteiger charge is -2.22. The van der Waals surface area contributed by atoms with E-state index in [1.54, 1.807) is 0 Å². The van der Waals surface area contributed by atoms with Crippen LogP contribution in [0, 0.1) is 25.2 Å². The van der Waals surface area contributed by atoms with E-state index >= 15 is 0 Å². The summed E-state index contributed by atoms with van der Waals surface area (Å²) in [6.45, 7) is 5.65. The molecule has 1 aliphatic rings. The summed E-state index contributed by atoms with van der Waals surface area (Å²) in [4.78, 5) is 1.93. The fourth-order valence-corrected chi connectivity index (χ4v) is 3.64. The Morgan fingerprint density at radius 2 is 2.19 bits per heavy atom. The van der Waals surface area contributed by atoms with Crippen LogP contribution in [0.4, 0.5) is 5.82 Å². The number of nitrogens with zero attached hydrogens (tertiary/aromatic N) is 4. The summed E-state index contributed by atoms with van der Waals surface area (Å²) in [6.07, 6.45) is 2.27. The number of ether oxygens (including phenoxy) is 2. The molecular weight excluding hydrogens is 408 g/mol. The van der Waals surface area contributed by atoms with Crippen molar-refractivity contribution in [1.82, 2.24) is 10.2 Å². The van der Waals surface area contributed by atoms with E-state index in [1.807, 2.05) is 44.0 Å². The van der Waals surface area contributed by atoms with Gasteiger partial charge in [0.2, 0.25) is 0 Å². The maximum atomic E-state index is 9.55. The van der Waals surface area contributed by atoms with Gasteiger partial charge in [-0.15, -0.1) is 5.10 Å². The van der Waals surface area contributed by atoms with E-state index in [9.17, 15) is 5.26 Å². The highest BCUT2D eigenvalue weighted by atomic mass is 79.9. The summed E-state index contributed by atoms with van der Waals surface area (Å²) in [6, 6.07) is 8.22. The number of aromatic nitrogens is 2. The zero-order valence-corrected chi connectivity index (χ0v) is 17.4. The average Bonchev–Trinajstić information content (AvgIpc) is 3.16. The molecule has 1 saturated heterocycles. The van der Waals surface area contributed by atoms with E-state index in [4.69, 9.17) is 9.47 Å². The van der Waals surface area contributed by atoms with Gasteiger partial charge < -0.3 is 14.4 Å². The van der Waals surface area contributed by atoms with E-state index in [-0.39, 0.29) is 6.10 Å². The molecule has 0 aliphatic carbocycles. The summed E-state index contributed by atoms with van der Waals surface area (Å²) in [5.74, 6) is 1.38. The molecule has 0 amide bonds. The molecule has 3 rings (SSSR count). The fraction of sp³-hybridized carbons (Fsp3) is 0.450. The first kappa shape index (κ1) is 19.6. The number of para-hydroxylation sites is 1. The second kappa shape index (κ2) is 8.68. The van der Waals surface area contributed by atoms with Gasteiger partial charge in [-0.25, -0.2) is 0 Å². The molecule has 0 saturated carbocycles. The summed E-state index contributed by atoms with van der Waals surface area (Å²) >= 11 is 3.59. The lowest BCUT2D eigenvalue weighted by Crippen LogP contribution is -2.22. The van der Waals surface area contributed by atoms with Gasteiger partial charge in [0, 0.05) is 25.8 Å². The predicted octanol–water partition coefficient (Wildman–Crippen LogP) is 3.92. The Kier molecular flexibility index (Phi) is 6.30. The zero-order chi connectivity index (χ0) is 19.4. The van der Waals surface area contributed by atoms with Gasteiger partial charge in [0.05, 0.1) is 16.3 Å². The SMILES string of the molecule is Cc1nnc(N(C)Cc2cccc(Br)c2OCC2CCCO2)c(C#N)c1C. The van der Waals surface area contributed by atoms with Crippen LogP contribution < -0.4 is 9.64 Å². The molecule has 27 heavy (non-hydrogen) atoms. The molecule has 1 unspecified atom stereocenters. The number of aryl methyl sites for hydroxylation is 1. The topological polar surface area (TPSA) is 71.3 Å². The van der Waals surface area contributed by atoms with E-state index in [0.29, 0.717) is 24.5 Å². The molecule has 0 N–H and O–H groups in total. The largest absolute Gasteiger partial charge is 0.489 e. The van der Waals surface area contributed by atoms with Crippen LogP contribution >= 0.6 is 15.9 Å². The van der Waals surface area contributed by atoms with Gasteiger partial charge in [0.15, 0.2) is 5.82 Å². The zero-order valence-electron chi connectivity index (χ0n) is 15.8. The van der Waals surface area contributed by atoms with Crippen molar-refractivity contribution < 1.29 is 9.47 Å². The van der Waals surface area contributed by atoms with Gasteiger partial charge in [-0.3, -0.25) is 0 Å². The third-order valence-electron chi connectivity index (χ3n) is 4.80. The lowest BCUT2D eigenvalue weighted by atomic mass is 10.1. The standard InChI is InChI=1S/C20H23BrN4O2/c1-13-14(2)23-24-20(17(13)10-22)25(3)11-15-6-4-8-18(21)19(15)27-12-16-7-5-9-26-16/h4,6,8,16H,5,7,9,11-12H2,1-3H3. The molecule has 0 radical (unpaired) electrons. The fourth-order valence-electron chi connectivity index (χ4n) is 3.12. The highest BCUT2D eigenvalue weighted by Gasteiger charge is 2.20. The molecule has 2 heterocycles. The highest BCUT2D eigenvalue weighted by molar-refractivity contribution is 9.10. The van der Waals surface area contributed by atoms with Crippen LogP contribution in [-0.4, -0.2) is 36.6 Å². The molecule has 0 spiro atoms. The Morgan fingerprint density at radius 1 is 1.37 bits per heavy atom. The van der Waals surface area contributed by atoms with Gasteiger partial charge in [-0.05, 0) is 54.2 Å². The molecule has 1 aromatic carbocycles. The average molecular weight is 431 g/mol. The van der Waals surface area contributed by atoms with Crippen LogP contribution in [0.15, 0.2) is 22.7 Å². The van der Waals surface area contributed by atoms with Crippen molar-refractivity contribution in [2.45, 2.75) is 39.3 Å². The quantitative estimate of drug-likeness (QED) is 0.691. The monoisotopic (exact) mass is 430 g/mol. The van der Waals surface area contributed by atoms with Crippen LogP contribution in [0.1, 0.15) is 35.2 Å². The number of benzene rings is 1. The van der Waals surface area contributed by atoms with Crippen molar-refractivity contribution in [2.75, 3.05) is 25.2 Å². The molecule has 1 fully saturated rings. The molecule has 7 heteroatoms. The van der Waals surface area contributed by atoms with Gasteiger partial charge in [0.25, 0.3) is 0 Å². The van der Waals surface area contributed by atoms with Crippen LogP contribution in [0.5, 0.6) is 5.75 Å². The Bertz CT molecular complexity index is 860. The first-order valence-corrected chi connectivity index (χ1v) is 9.77. The molecule has 1 aliphatic heterocycles. The number of hydrogen-bond donors (Lipinski definition) is 0. The van der Waals surface area contributed by atoms with E-state index in [2.05, 4.69) is 32.2 Å². The first-order chi connectivity index (χ1) is 13.0. The summed E-state index contributed by atoms with van der Waals surface area (Å²) < 4.78 is 12.6. The third-order valence-corrected chi connectivity index (χ3v) is 5.43. The van der Waals surface area contributed by atoms with Crippen LogP contribution in [0.2, 0.25) is 0 Å². The third kappa shape index (κ3) is 4.40. The van der Waals surface area contributed by atoms with E-state index in [0.717, 1.165) is 46.5 Å². The van der Waals surface area contributed by atoms with Gasteiger partial charge >= 0.3 is 0 Å². The van der Waals surface area contributed by atoms with Crippen molar-refractivity contribution in [3.8, 4) is 11.8 Å². The van der Waals surface area contributed by atoms with Gasteiger partial charge in [-0.1, -0.05) is 12.1 Å². The molecule has 0 bridgehead atoms. The maximum Gasteiger partial charge on any atom is 0.169 e. The Hall–Kier alpha value is -2.17. The number of rotatable bonds is 6. The van der Waals surface area contributed by atoms with Crippen molar-refractivity contribution in [3.63, 3.8) is 0 Å². The predicted molar refractivity (Wildman–Crippen MR) is 107 cm³/mol. The number of nitriles is 1. The maximum absolute atomic E-state index is 9.55. The molecule has 6 nitrogen and oxygen atoms in total. The number of hydrogen-bond acceptors (Lipinski definition) is 6. The molecule has 2 aromatic rings. The summed E-state index contributed by atoms with van der Waals surface area (Å²) in [5, 5.41) is 18.0. The minimum absolute atomic E-state index is 0.151. The Labute approximate surface area is 168 Å². The van der Waals surface area contributed by atoms with Crippen LogP contribution in [0.3, 0.4) is 0 Å². The summed E-state index contributed by atoms with van der Waals surface area (Å²) in [7, 11) is 1.91. The molecule has 1 atom stereocenters. The molecule has 142 valence electrons. The smallest absolute Gasteiger partial charge is 0.169 e. The molecular formula is C20H23BrN4O2. The van der Waals surface area contributed by atoms with Gasteiger partial charge in [0.1, 0.15) is 24.0 Å². The summed E-state index contributed by atoms with van der Waals surface area (Å²) in [5.41, 5.74) is 3.20. The molecule has 1 aromatic heterocycles. The highest BCUT2D eigenvalue weighted by Crippen LogP contribution is 2.32.